The number of benzene rings is 2. The van der Waals surface area contributed by atoms with Crippen LogP contribution in [0.1, 0.15) is 51.7 Å². The fourth-order valence-electron chi connectivity index (χ4n) is 4.73. The van der Waals surface area contributed by atoms with E-state index < -0.39 is 29.3 Å². The number of carbonyl (C=O) groups excluding carboxylic acids is 2. The van der Waals surface area contributed by atoms with Crippen LogP contribution >= 0.6 is 0 Å². The highest BCUT2D eigenvalue weighted by molar-refractivity contribution is 5.86. The van der Waals surface area contributed by atoms with Crippen molar-refractivity contribution in [3.63, 3.8) is 0 Å². The number of rotatable bonds is 9. The van der Waals surface area contributed by atoms with Crippen molar-refractivity contribution in [1.29, 1.82) is 0 Å². The summed E-state index contributed by atoms with van der Waals surface area (Å²) in [6.07, 6.45) is -1.46. The first kappa shape index (κ1) is 29.3. The van der Waals surface area contributed by atoms with Crippen LogP contribution in [0.25, 0.3) is 0 Å². The average Bonchev–Trinajstić information content (AvgIpc) is 3.21. The maximum Gasteiger partial charge on any atom is 0.408 e. The van der Waals surface area contributed by atoms with Crippen LogP contribution < -0.4 is 10.1 Å². The summed E-state index contributed by atoms with van der Waals surface area (Å²) >= 11 is 0. The molecule has 0 aliphatic carbocycles. The number of methoxy groups -OCH3 is 1. The first-order valence-corrected chi connectivity index (χ1v) is 12.8. The molecule has 3 N–H and O–H groups in total. The van der Waals surface area contributed by atoms with Gasteiger partial charge in [0, 0.05) is 24.4 Å². The number of alkyl carbamates (subject to hydrolysis) is 1. The van der Waals surface area contributed by atoms with Crippen molar-refractivity contribution < 1.29 is 34.0 Å². The SMILES string of the molecule is COc1ccc(C2CN(C(=O)C(COCc3ccccc3)NC(=O)OC(C)(C)C)CC2(C)C(C)O)cc1O. The van der Waals surface area contributed by atoms with Gasteiger partial charge in [0.05, 0.1) is 26.4 Å². The molecular weight excluding hydrogens is 488 g/mol. The van der Waals surface area contributed by atoms with Crippen molar-refractivity contribution >= 4 is 12.0 Å². The predicted octanol–water partition coefficient (Wildman–Crippen LogP) is 3.82. The number of phenolic OH excluding ortho intramolecular Hbond substituents is 1. The lowest BCUT2D eigenvalue weighted by molar-refractivity contribution is -0.134. The van der Waals surface area contributed by atoms with Crippen molar-refractivity contribution in [1.82, 2.24) is 10.2 Å². The normalized spacial score (nSPS) is 21.0. The summed E-state index contributed by atoms with van der Waals surface area (Å²) in [6.45, 7) is 9.63. The quantitative estimate of drug-likeness (QED) is 0.453. The third-order valence-corrected chi connectivity index (χ3v) is 6.99. The lowest BCUT2D eigenvalue weighted by Crippen LogP contribution is -2.52. The van der Waals surface area contributed by atoms with Crippen LogP contribution in [-0.2, 0) is 20.9 Å². The van der Waals surface area contributed by atoms with Crippen LogP contribution in [0.5, 0.6) is 11.5 Å². The van der Waals surface area contributed by atoms with Crippen molar-refractivity contribution in [2.45, 2.75) is 64.9 Å². The van der Waals surface area contributed by atoms with Gasteiger partial charge in [-0.05, 0) is 51.0 Å². The molecular formula is C29H40N2O7. The molecule has 2 aromatic rings. The number of hydrogen-bond donors (Lipinski definition) is 3. The Morgan fingerprint density at radius 3 is 2.45 bits per heavy atom. The Balaban J connectivity index is 1.82. The number of amides is 2. The minimum Gasteiger partial charge on any atom is -0.504 e. The van der Waals surface area contributed by atoms with Crippen molar-refractivity contribution in [2.75, 3.05) is 26.8 Å². The summed E-state index contributed by atoms with van der Waals surface area (Å²) in [6, 6.07) is 13.7. The molecule has 9 heteroatoms. The van der Waals surface area contributed by atoms with Crippen LogP contribution in [-0.4, -0.2) is 71.7 Å². The van der Waals surface area contributed by atoms with E-state index in [9.17, 15) is 19.8 Å². The molecule has 1 fully saturated rings. The molecule has 0 aromatic heterocycles. The van der Waals surface area contributed by atoms with Gasteiger partial charge in [-0.1, -0.05) is 43.3 Å². The highest BCUT2D eigenvalue weighted by Crippen LogP contribution is 2.46. The van der Waals surface area contributed by atoms with Gasteiger partial charge in [-0.3, -0.25) is 4.79 Å². The molecule has 2 amide bonds. The molecule has 1 aliphatic heterocycles. The molecule has 0 bridgehead atoms. The predicted molar refractivity (Wildman–Crippen MR) is 143 cm³/mol. The standard InChI is InChI=1S/C29H40N2O7/c1-19(32)29(5)18-31(15-22(29)21-12-13-25(36-6)24(33)14-21)26(34)23(30-27(35)38-28(2,3)4)17-37-16-20-10-8-7-9-11-20/h7-14,19,22-23,32-33H,15-18H2,1-6H3,(H,30,35). The van der Waals surface area contributed by atoms with Gasteiger partial charge in [0.15, 0.2) is 11.5 Å². The summed E-state index contributed by atoms with van der Waals surface area (Å²) in [7, 11) is 1.47. The third-order valence-electron chi connectivity index (χ3n) is 6.99. The third kappa shape index (κ3) is 7.17. The van der Waals surface area contributed by atoms with Gasteiger partial charge in [-0.15, -0.1) is 0 Å². The number of phenols is 1. The number of nitrogens with zero attached hydrogens (tertiary/aromatic N) is 1. The van der Waals surface area contributed by atoms with Gasteiger partial charge in [0.25, 0.3) is 0 Å². The number of aliphatic hydroxyl groups is 1. The second-order valence-corrected chi connectivity index (χ2v) is 11.1. The maximum atomic E-state index is 13.8. The van der Waals surface area contributed by atoms with E-state index in [0.717, 1.165) is 11.1 Å². The van der Waals surface area contributed by atoms with Crippen molar-refractivity contribution in [3.8, 4) is 11.5 Å². The summed E-state index contributed by atoms with van der Waals surface area (Å²) < 4.78 is 16.4. The molecule has 1 saturated heterocycles. The number of hydrogen-bond acceptors (Lipinski definition) is 7. The van der Waals surface area contributed by atoms with E-state index in [2.05, 4.69) is 5.32 Å². The zero-order valence-electron chi connectivity index (χ0n) is 23.1. The Kier molecular flexibility index (Phi) is 9.27. The van der Waals surface area contributed by atoms with Gasteiger partial charge >= 0.3 is 6.09 Å². The molecule has 0 radical (unpaired) electrons. The lowest BCUT2D eigenvalue weighted by atomic mass is 9.72. The number of carbonyl (C=O) groups is 2. The minimum atomic E-state index is -0.991. The summed E-state index contributed by atoms with van der Waals surface area (Å²) in [5.74, 6) is -0.274. The topological polar surface area (TPSA) is 118 Å². The minimum absolute atomic E-state index is 0.0125. The van der Waals surface area contributed by atoms with E-state index in [1.165, 1.54) is 7.11 Å². The number of aromatic hydroxyl groups is 1. The van der Waals surface area contributed by atoms with E-state index in [0.29, 0.717) is 5.75 Å². The van der Waals surface area contributed by atoms with E-state index in [1.54, 1.807) is 44.7 Å². The molecule has 208 valence electrons. The molecule has 38 heavy (non-hydrogen) atoms. The molecule has 4 unspecified atom stereocenters. The molecule has 0 spiro atoms. The lowest BCUT2D eigenvalue weighted by Gasteiger charge is -2.34. The van der Waals surface area contributed by atoms with Crippen molar-refractivity contribution in [2.24, 2.45) is 5.41 Å². The van der Waals surface area contributed by atoms with E-state index in [4.69, 9.17) is 14.2 Å². The Labute approximate surface area is 224 Å². The number of likely N-dealkylation sites (tertiary alicyclic amines) is 1. The molecule has 3 rings (SSSR count). The molecule has 1 aliphatic rings. The van der Waals surface area contributed by atoms with Crippen molar-refractivity contribution in [3.05, 3.63) is 59.7 Å². The van der Waals surface area contributed by atoms with Crippen LogP contribution in [0, 0.1) is 5.41 Å². The Hall–Kier alpha value is -3.30. The van der Waals surface area contributed by atoms with Gasteiger partial charge in [-0.25, -0.2) is 4.79 Å². The fraction of sp³-hybridized carbons (Fsp3) is 0.517. The summed E-state index contributed by atoms with van der Waals surface area (Å²) in [4.78, 5) is 28.0. The van der Waals surface area contributed by atoms with Crippen LogP contribution in [0.15, 0.2) is 48.5 Å². The van der Waals surface area contributed by atoms with E-state index in [1.807, 2.05) is 43.3 Å². The monoisotopic (exact) mass is 528 g/mol. The van der Waals surface area contributed by atoms with Crippen LogP contribution in [0.3, 0.4) is 0 Å². The molecule has 9 nitrogen and oxygen atoms in total. The first-order valence-electron chi connectivity index (χ1n) is 12.8. The summed E-state index contributed by atoms with van der Waals surface area (Å²) in [5, 5.41) is 23.8. The van der Waals surface area contributed by atoms with Gasteiger partial charge in [0.1, 0.15) is 11.6 Å². The number of aliphatic hydroxyl groups excluding tert-OH is 1. The number of ether oxygens (including phenoxy) is 3. The molecule has 0 saturated carbocycles. The Bertz CT molecular complexity index is 1100. The van der Waals surface area contributed by atoms with Gasteiger partial charge in [0.2, 0.25) is 5.91 Å². The maximum absolute atomic E-state index is 13.8. The average molecular weight is 529 g/mol. The molecule has 4 atom stereocenters. The largest absolute Gasteiger partial charge is 0.504 e. The zero-order chi connectivity index (χ0) is 28.1. The van der Waals surface area contributed by atoms with E-state index >= 15 is 0 Å². The van der Waals surface area contributed by atoms with E-state index in [-0.39, 0.29) is 43.9 Å². The second-order valence-electron chi connectivity index (χ2n) is 11.1. The van der Waals surface area contributed by atoms with Crippen LogP contribution in [0.2, 0.25) is 0 Å². The smallest absolute Gasteiger partial charge is 0.408 e. The zero-order valence-corrected chi connectivity index (χ0v) is 23.1. The fourth-order valence-corrected chi connectivity index (χ4v) is 4.73. The van der Waals surface area contributed by atoms with Gasteiger partial charge < -0.3 is 34.6 Å². The van der Waals surface area contributed by atoms with Crippen LogP contribution in [0.4, 0.5) is 4.79 Å². The van der Waals surface area contributed by atoms with Gasteiger partial charge in [-0.2, -0.15) is 0 Å². The highest BCUT2D eigenvalue weighted by Gasteiger charge is 2.49. The first-order chi connectivity index (χ1) is 17.8. The highest BCUT2D eigenvalue weighted by atomic mass is 16.6. The summed E-state index contributed by atoms with van der Waals surface area (Å²) in [5.41, 5.74) is 0.290. The second kappa shape index (κ2) is 12.0. The number of nitrogens with one attached hydrogen (secondary N) is 1. The Morgan fingerprint density at radius 2 is 1.87 bits per heavy atom. The molecule has 1 heterocycles. The molecule has 2 aromatic carbocycles. The Morgan fingerprint density at radius 1 is 1.18 bits per heavy atom.